The van der Waals surface area contributed by atoms with Crippen LogP contribution in [0, 0.1) is 5.92 Å². The molecule has 1 aliphatic heterocycles. The molecule has 1 heterocycles. The predicted molar refractivity (Wildman–Crippen MR) is 77.6 cm³/mol. The molecule has 0 spiro atoms. The van der Waals surface area contributed by atoms with Crippen molar-refractivity contribution in [2.24, 2.45) is 5.92 Å². The predicted octanol–water partition coefficient (Wildman–Crippen LogP) is 2.86. The van der Waals surface area contributed by atoms with E-state index in [9.17, 15) is 0 Å². The molecule has 1 atom stereocenters. The SMILES string of the molecule is CCNC(COc1ccccc1)CC1CCOCC1. The number of hydrogen-bond acceptors (Lipinski definition) is 3. The molecule has 1 unspecified atom stereocenters. The van der Waals surface area contributed by atoms with E-state index in [0.29, 0.717) is 6.04 Å². The van der Waals surface area contributed by atoms with Crippen LogP contribution < -0.4 is 10.1 Å². The van der Waals surface area contributed by atoms with E-state index in [1.807, 2.05) is 30.3 Å². The van der Waals surface area contributed by atoms with E-state index in [1.165, 1.54) is 19.3 Å². The van der Waals surface area contributed by atoms with Gasteiger partial charge in [0.05, 0.1) is 0 Å². The van der Waals surface area contributed by atoms with Crippen LogP contribution in [-0.2, 0) is 4.74 Å². The van der Waals surface area contributed by atoms with Crippen molar-refractivity contribution in [1.82, 2.24) is 5.32 Å². The van der Waals surface area contributed by atoms with E-state index in [0.717, 1.165) is 38.0 Å². The minimum Gasteiger partial charge on any atom is -0.492 e. The van der Waals surface area contributed by atoms with E-state index in [2.05, 4.69) is 12.2 Å². The second-order valence-electron chi connectivity index (χ2n) is 5.17. The molecule has 0 aromatic heterocycles. The molecule has 0 radical (unpaired) electrons. The van der Waals surface area contributed by atoms with E-state index < -0.39 is 0 Å². The smallest absolute Gasteiger partial charge is 0.119 e. The minimum absolute atomic E-state index is 0.438. The zero-order chi connectivity index (χ0) is 13.3. The third-order valence-electron chi connectivity index (χ3n) is 3.65. The Labute approximate surface area is 116 Å². The monoisotopic (exact) mass is 263 g/mol. The fourth-order valence-electron chi connectivity index (χ4n) is 2.60. The highest BCUT2D eigenvalue weighted by Crippen LogP contribution is 2.20. The molecular weight excluding hydrogens is 238 g/mol. The van der Waals surface area contributed by atoms with Gasteiger partial charge in [-0.25, -0.2) is 0 Å². The van der Waals surface area contributed by atoms with Gasteiger partial charge in [-0.2, -0.15) is 0 Å². The van der Waals surface area contributed by atoms with E-state index in [4.69, 9.17) is 9.47 Å². The van der Waals surface area contributed by atoms with Crippen LogP contribution in [0.5, 0.6) is 5.75 Å². The van der Waals surface area contributed by atoms with Gasteiger partial charge in [0, 0.05) is 19.3 Å². The Morgan fingerprint density at radius 1 is 1.26 bits per heavy atom. The third kappa shape index (κ3) is 5.21. The van der Waals surface area contributed by atoms with Crippen molar-refractivity contribution in [1.29, 1.82) is 0 Å². The van der Waals surface area contributed by atoms with Crippen LogP contribution in [0.4, 0.5) is 0 Å². The number of rotatable bonds is 7. The number of para-hydroxylation sites is 1. The normalized spacial score (nSPS) is 18.2. The summed E-state index contributed by atoms with van der Waals surface area (Å²) >= 11 is 0. The molecule has 0 saturated carbocycles. The van der Waals surface area contributed by atoms with Crippen LogP contribution in [0.2, 0.25) is 0 Å². The summed E-state index contributed by atoms with van der Waals surface area (Å²) in [4.78, 5) is 0. The zero-order valence-electron chi connectivity index (χ0n) is 11.8. The van der Waals surface area contributed by atoms with Crippen molar-refractivity contribution in [2.45, 2.75) is 32.2 Å². The molecule has 1 aliphatic rings. The average Bonchev–Trinajstić information content (AvgIpc) is 2.47. The Morgan fingerprint density at radius 2 is 2.00 bits per heavy atom. The van der Waals surface area contributed by atoms with Crippen LogP contribution >= 0.6 is 0 Å². The van der Waals surface area contributed by atoms with Crippen molar-refractivity contribution >= 4 is 0 Å². The average molecular weight is 263 g/mol. The van der Waals surface area contributed by atoms with Crippen molar-refractivity contribution in [3.63, 3.8) is 0 Å². The van der Waals surface area contributed by atoms with Crippen LogP contribution in [0.25, 0.3) is 0 Å². The molecule has 0 bridgehead atoms. The maximum absolute atomic E-state index is 5.87. The molecule has 3 nitrogen and oxygen atoms in total. The first-order valence-electron chi connectivity index (χ1n) is 7.37. The van der Waals surface area contributed by atoms with E-state index in [1.54, 1.807) is 0 Å². The Hall–Kier alpha value is -1.06. The molecule has 1 aromatic rings. The number of benzene rings is 1. The Balaban J connectivity index is 1.78. The molecular formula is C16H25NO2. The van der Waals surface area contributed by atoms with Gasteiger partial charge in [-0.1, -0.05) is 25.1 Å². The Morgan fingerprint density at radius 3 is 2.68 bits per heavy atom. The summed E-state index contributed by atoms with van der Waals surface area (Å²) in [5, 5.41) is 3.53. The molecule has 0 amide bonds. The fourth-order valence-corrected chi connectivity index (χ4v) is 2.60. The van der Waals surface area contributed by atoms with Gasteiger partial charge in [0.1, 0.15) is 12.4 Å². The molecule has 19 heavy (non-hydrogen) atoms. The first-order chi connectivity index (χ1) is 9.38. The summed E-state index contributed by atoms with van der Waals surface area (Å²) in [6.07, 6.45) is 3.56. The van der Waals surface area contributed by atoms with E-state index >= 15 is 0 Å². The largest absolute Gasteiger partial charge is 0.492 e. The lowest BCUT2D eigenvalue weighted by molar-refractivity contribution is 0.0582. The molecule has 0 aliphatic carbocycles. The molecule has 3 heteroatoms. The van der Waals surface area contributed by atoms with Gasteiger partial charge in [0.25, 0.3) is 0 Å². The summed E-state index contributed by atoms with van der Waals surface area (Å²) in [7, 11) is 0. The summed E-state index contributed by atoms with van der Waals surface area (Å²) in [5.41, 5.74) is 0. The number of ether oxygens (including phenoxy) is 2. The molecule has 1 N–H and O–H groups in total. The van der Waals surface area contributed by atoms with Crippen LogP contribution in [0.1, 0.15) is 26.2 Å². The highest BCUT2D eigenvalue weighted by molar-refractivity contribution is 5.20. The van der Waals surface area contributed by atoms with Gasteiger partial charge in [-0.05, 0) is 43.9 Å². The van der Waals surface area contributed by atoms with Crippen molar-refractivity contribution in [3.8, 4) is 5.75 Å². The quantitative estimate of drug-likeness (QED) is 0.820. The van der Waals surface area contributed by atoms with Gasteiger partial charge in [-0.15, -0.1) is 0 Å². The van der Waals surface area contributed by atoms with Gasteiger partial charge in [0.2, 0.25) is 0 Å². The molecule has 2 rings (SSSR count). The zero-order valence-corrected chi connectivity index (χ0v) is 11.8. The highest BCUT2D eigenvalue weighted by Gasteiger charge is 2.19. The summed E-state index contributed by atoms with van der Waals surface area (Å²) in [5.74, 6) is 1.73. The summed E-state index contributed by atoms with van der Waals surface area (Å²) < 4.78 is 11.3. The van der Waals surface area contributed by atoms with Gasteiger partial charge in [0.15, 0.2) is 0 Å². The first kappa shape index (κ1) is 14.4. The molecule has 1 saturated heterocycles. The second-order valence-corrected chi connectivity index (χ2v) is 5.17. The van der Waals surface area contributed by atoms with Crippen molar-refractivity contribution in [3.05, 3.63) is 30.3 Å². The molecule has 1 fully saturated rings. The van der Waals surface area contributed by atoms with Gasteiger partial charge in [-0.3, -0.25) is 0 Å². The topological polar surface area (TPSA) is 30.5 Å². The summed E-state index contributed by atoms with van der Waals surface area (Å²) in [6, 6.07) is 10.5. The minimum atomic E-state index is 0.438. The van der Waals surface area contributed by atoms with Gasteiger partial charge >= 0.3 is 0 Å². The fraction of sp³-hybridized carbons (Fsp3) is 0.625. The second kappa shape index (κ2) is 8.18. The third-order valence-corrected chi connectivity index (χ3v) is 3.65. The van der Waals surface area contributed by atoms with Crippen LogP contribution in [0.15, 0.2) is 30.3 Å². The lowest BCUT2D eigenvalue weighted by Gasteiger charge is -2.27. The van der Waals surface area contributed by atoms with Crippen molar-refractivity contribution < 1.29 is 9.47 Å². The Bertz CT molecular complexity index is 336. The lowest BCUT2D eigenvalue weighted by Crippen LogP contribution is -2.37. The number of hydrogen-bond donors (Lipinski definition) is 1. The standard InChI is InChI=1S/C16H25NO2/c1-2-17-15(12-14-8-10-18-11-9-14)13-19-16-6-4-3-5-7-16/h3-7,14-15,17H,2,8-13H2,1H3. The van der Waals surface area contributed by atoms with Crippen LogP contribution in [-0.4, -0.2) is 32.4 Å². The molecule has 1 aromatic carbocycles. The van der Waals surface area contributed by atoms with Crippen molar-refractivity contribution in [2.75, 3.05) is 26.4 Å². The Kier molecular flexibility index (Phi) is 6.18. The first-order valence-corrected chi connectivity index (χ1v) is 7.37. The lowest BCUT2D eigenvalue weighted by atomic mass is 9.93. The number of nitrogens with one attached hydrogen (secondary N) is 1. The number of likely N-dealkylation sites (N-methyl/N-ethyl adjacent to an activating group) is 1. The maximum Gasteiger partial charge on any atom is 0.119 e. The molecule has 106 valence electrons. The van der Waals surface area contributed by atoms with Gasteiger partial charge < -0.3 is 14.8 Å². The summed E-state index contributed by atoms with van der Waals surface area (Å²) in [6.45, 7) is 5.73. The maximum atomic E-state index is 5.87. The highest BCUT2D eigenvalue weighted by atomic mass is 16.5. The van der Waals surface area contributed by atoms with E-state index in [-0.39, 0.29) is 0 Å². The van der Waals surface area contributed by atoms with Crippen LogP contribution in [0.3, 0.4) is 0 Å².